The van der Waals surface area contributed by atoms with Crippen molar-refractivity contribution in [1.82, 2.24) is 9.88 Å². The molecule has 50 heavy (non-hydrogen) atoms. The zero-order chi connectivity index (χ0) is 32.5. The van der Waals surface area contributed by atoms with E-state index in [-0.39, 0.29) is 6.04 Å². The van der Waals surface area contributed by atoms with E-state index >= 15 is 0 Å². The Kier molecular flexibility index (Phi) is 5.35. The van der Waals surface area contributed by atoms with Gasteiger partial charge in [0, 0.05) is 62.5 Å². The molecular weight excluding hydrogens is 651 g/mol. The van der Waals surface area contributed by atoms with E-state index in [0.29, 0.717) is 0 Å². The highest BCUT2D eigenvalue weighted by molar-refractivity contribution is 8.03. The first kappa shape index (κ1) is 27.1. The fraction of sp³-hybridized carbons (Fsp3) is 0.0227. The summed E-state index contributed by atoms with van der Waals surface area (Å²) in [5.74, 6) is 0.817. The number of aromatic nitrogens is 1. The van der Waals surface area contributed by atoms with Crippen LogP contribution < -0.4 is 5.32 Å². The van der Waals surface area contributed by atoms with E-state index in [4.69, 9.17) is 9.41 Å². The van der Waals surface area contributed by atoms with Crippen molar-refractivity contribution >= 4 is 109 Å². The minimum atomic E-state index is -0.0512. The van der Waals surface area contributed by atoms with Crippen LogP contribution in [0.3, 0.4) is 0 Å². The maximum atomic E-state index is 6.63. The number of rotatable bonds is 1. The lowest BCUT2D eigenvalue weighted by Gasteiger charge is -2.26. The monoisotopic (exact) mass is 675 g/mol. The molecule has 2 aliphatic rings. The molecule has 0 saturated heterocycles. The van der Waals surface area contributed by atoms with Gasteiger partial charge < -0.3 is 9.73 Å². The third-order valence-corrected chi connectivity index (χ3v) is 12.9. The van der Waals surface area contributed by atoms with E-state index in [2.05, 4.69) is 143 Å². The highest BCUT2D eigenvalue weighted by Gasteiger charge is 2.37. The third-order valence-electron chi connectivity index (χ3n) is 10.5. The van der Waals surface area contributed by atoms with Gasteiger partial charge in [-0.15, -0.1) is 11.3 Å². The molecule has 6 heteroatoms. The topological polar surface area (TPSA) is 42.5 Å². The molecule has 0 radical (unpaired) electrons. The summed E-state index contributed by atoms with van der Waals surface area (Å²) in [5.41, 5.74) is 7.31. The summed E-state index contributed by atoms with van der Waals surface area (Å²) in [5, 5.41) is 13.8. The van der Waals surface area contributed by atoms with Crippen LogP contribution in [0.2, 0.25) is 0 Å². The van der Waals surface area contributed by atoms with Gasteiger partial charge in [-0.2, -0.15) is 0 Å². The second kappa shape index (κ2) is 9.88. The fourth-order valence-electron chi connectivity index (χ4n) is 8.36. The van der Waals surface area contributed by atoms with E-state index in [1.54, 1.807) is 0 Å². The van der Waals surface area contributed by atoms with Crippen molar-refractivity contribution in [2.24, 2.45) is 4.99 Å². The van der Waals surface area contributed by atoms with Crippen LogP contribution in [0.5, 0.6) is 0 Å². The molecule has 0 spiro atoms. The highest BCUT2D eigenvalue weighted by Crippen LogP contribution is 2.54. The first-order valence-electron chi connectivity index (χ1n) is 16.8. The molecule has 1 unspecified atom stereocenters. The number of nitrogens with zero attached hydrogens (tertiary/aromatic N) is 2. The van der Waals surface area contributed by atoms with Crippen LogP contribution in [0.4, 0.5) is 0 Å². The number of thioether (sulfide) groups is 1. The molecule has 1 N–H and O–H groups in total. The summed E-state index contributed by atoms with van der Waals surface area (Å²) in [7, 11) is 0. The minimum Gasteiger partial charge on any atom is -0.455 e. The summed E-state index contributed by atoms with van der Waals surface area (Å²) >= 11 is 3.69. The van der Waals surface area contributed by atoms with Gasteiger partial charge in [0.2, 0.25) is 5.96 Å². The number of hydrogen-bond donors (Lipinski definition) is 1. The lowest BCUT2D eigenvalue weighted by atomic mass is 9.99. The zero-order valence-electron chi connectivity index (χ0n) is 26.5. The Bertz CT molecular complexity index is 3180. The Morgan fingerprint density at radius 2 is 1.34 bits per heavy atom. The maximum absolute atomic E-state index is 6.63. The number of benzene rings is 7. The van der Waals surface area contributed by atoms with Gasteiger partial charge >= 0.3 is 0 Å². The van der Waals surface area contributed by atoms with Crippen molar-refractivity contribution in [2.75, 3.05) is 0 Å². The van der Waals surface area contributed by atoms with Crippen molar-refractivity contribution in [3.63, 3.8) is 0 Å². The molecule has 0 saturated carbocycles. The Balaban J connectivity index is 1.24. The average molecular weight is 676 g/mol. The van der Waals surface area contributed by atoms with Gasteiger partial charge in [-0.1, -0.05) is 121 Å². The summed E-state index contributed by atoms with van der Waals surface area (Å²) in [6.07, 6.45) is 0. The smallest absolute Gasteiger partial charge is 0.209 e. The van der Waals surface area contributed by atoms with Gasteiger partial charge in [0.25, 0.3) is 0 Å². The van der Waals surface area contributed by atoms with E-state index in [0.717, 1.165) is 44.7 Å². The van der Waals surface area contributed by atoms with E-state index in [1.165, 1.54) is 62.6 Å². The molecule has 1 atom stereocenters. The largest absolute Gasteiger partial charge is 0.455 e. The second-order valence-corrected chi connectivity index (χ2v) is 15.2. The number of nitrogens with one attached hydrogen (secondary N) is 1. The highest BCUT2D eigenvalue weighted by atomic mass is 32.2. The molecule has 5 heterocycles. The van der Waals surface area contributed by atoms with Gasteiger partial charge in [-0.05, 0) is 41.3 Å². The number of para-hydroxylation sites is 3. The van der Waals surface area contributed by atoms with Gasteiger partial charge in [0.1, 0.15) is 11.2 Å². The van der Waals surface area contributed by atoms with Crippen LogP contribution in [0.15, 0.2) is 159 Å². The van der Waals surface area contributed by atoms with Crippen molar-refractivity contribution in [1.29, 1.82) is 0 Å². The van der Waals surface area contributed by atoms with E-state index < -0.39 is 0 Å². The molecule has 7 aromatic carbocycles. The molecule has 2 aliphatic heterocycles. The van der Waals surface area contributed by atoms with E-state index in [9.17, 15) is 0 Å². The molecular formula is C44H25N3OS2. The van der Waals surface area contributed by atoms with Crippen LogP contribution in [0.25, 0.3) is 80.4 Å². The molecule has 0 bridgehead atoms. The number of hydrogen-bond acceptors (Lipinski definition) is 5. The predicted molar refractivity (Wildman–Crippen MR) is 211 cm³/mol. The van der Waals surface area contributed by atoms with Crippen LogP contribution in [0.1, 0.15) is 17.2 Å². The second-order valence-electron chi connectivity index (χ2n) is 13.1. The Hall–Kier alpha value is -5.82. The molecule has 12 rings (SSSR count). The first-order valence-corrected chi connectivity index (χ1v) is 18.5. The molecule has 3 aromatic heterocycles. The van der Waals surface area contributed by atoms with Crippen molar-refractivity contribution < 1.29 is 4.42 Å². The van der Waals surface area contributed by atoms with Gasteiger partial charge in [-0.25, -0.2) is 4.99 Å². The standard InChI is InChI=1S/C44H25N3OS2/c1-2-14-27-25(13-1)36-28-15-3-7-20-32(28)47(40(36)37-29-16-5-9-22-34(29)49-42(27)37)44-45-38-30-17-6-10-23-35(30)50-43(38)39(46-44)31-19-11-18-26-24-12-4-8-21-33(24)48-41(26)31/h1-23,38H,(H,45,46). The third kappa shape index (κ3) is 3.49. The van der Waals surface area contributed by atoms with Gasteiger partial charge in [0.15, 0.2) is 0 Å². The molecule has 0 aliphatic carbocycles. The van der Waals surface area contributed by atoms with Crippen LogP contribution >= 0.6 is 23.1 Å². The molecule has 0 amide bonds. The first-order chi connectivity index (χ1) is 24.8. The van der Waals surface area contributed by atoms with Crippen molar-refractivity contribution in [3.8, 4) is 0 Å². The molecule has 10 aromatic rings. The quantitative estimate of drug-likeness (QED) is 0.188. The minimum absolute atomic E-state index is 0.0512. The van der Waals surface area contributed by atoms with Crippen molar-refractivity contribution in [3.05, 3.63) is 156 Å². The number of aliphatic imine (C=N–C) groups is 1. The molecule has 4 nitrogen and oxygen atoms in total. The molecule has 0 fully saturated rings. The summed E-state index contributed by atoms with van der Waals surface area (Å²) in [6.45, 7) is 0. The maximum Gasteiger partial charge on any atom is 0.209 e. The molecule has 234 valence electrons. The summed E-state index contributed by atoms with van der Waals surface area (Å²) in [4.78, 5) is 8.11. The Labute approximate surface area is 293 Å². The van der Waals surface area contributed by atoms with Crippen LogP contribution in [0, 0.1) is 0 Å². The lowest BCUT2D eigenvalue weighted by molar-refractivity contribution is 0.667. The summed E-state index contributed by atoms with van der Waals surface area (Å²) in [6, 6.07) is 50.0. The number of furan rings is 1. The Morgan fingerprint density at radius 1 is 0.620 bits per heavy atom. The predicted octanol–water partition coefficient (Wildman–Crippen LogP) is 12.2. The van der Waals surface area contributed by atoms with Crippen molar-refractivity contribution in [2.45, 2.75) is 10.9 Å². The van der Waals surface area contributed by atoms with Crippen LogP contribution in [-0.4, -0.2) is 10.5 Å². The van der Waals surface area contributed by atoms with Gasteiger partial charge in [-0.3, -0.25) is 4.57 Å². The normalized spacial score (nSPS) is 15.9. The fourth-order valence-corrected chi connectivity index (χ4v) is 10.8. The number of fused-ring (bicyclic) bond motifs is 16. The Morgan fingerprint density at radius 3 is 2.26 bits per heavy atom. The zero-order valence-corrected chi connectivity index (χ0v) is 28.1. The SMILES string of the molecule is c1ccc2c(c1)SC1=C(c3cccc4c3oc3ccccc34)N=C(n3c4ccccc4c4c5ccccc5c5sc6ccccc6c5c43)NC12. The van der Waals surface area contributed by atoms with E-state index in [1.807, 2.05) is 29.2 Å². The van der Waals surface area contributed by atoms with Crippen LogP contribution in [-0.2, 0) is 0 Å². The summed E-state index contributed by atoms with van der Waals surface area (Å²) < 4.78 is 11.6. The van der Waals surface area contributed by atoms with Gasteiger partial charge in [0.05, 0.1) is 22.8 Å². The lowest BCUT2D eigenvalue weighted by Crippen LogP contribution is -2.36. The average Bonchev–Trinajstić information content (AvgIpc) is 3.93. The number of thiophene rings is 1.